The first-order valence-electron chi connectivity index (χ1n) is 8.71. The van der Waals surface area contributed by atoms with E-state index in [0.717, 1.165) is 43.8 Å². The zero-order chi connectivity index (χ0) is 16.8. The van der Waals surface area contributed by atoms with Gasteiger partial charge in [-0.1, -0.05) is 12.1 Å². The van der Waals surface area contributed by atoms with Crippen molar-refractivity contribution in [1.29, 1.82) is 0 Å². The molecule has 0 unspecified atom stereocenters. The minimum Gasteiger partial charge on any atom is -0.494 e. The van der Waals surface area contributed by atoms with Gasteiger partial charge in [0.15, 0.2) is 0 Å². The molecule has 1 saturated heterocycles. The molecular weight excluding hydrogens is 302 g/mol. The van der Waals surface area contributed by atoms with E-state index in [1.54, 1.807) is 0 Å². The Morgan fingerprint density at radius 1 is 1.25 bits per heavy atom. The Kier molecular flexibility index (Phi) is 5.51. The zero-order valence-corrected chi connectivity index (χ0v) is 14.2. The first kappa shape index (κ1) is 16.6. The molecule has 0 bridgehead atoms. The third-order valence-electron chi connectivity index (χ3n) is 4.56. The molecule has 0 spiro atoms. The molecule has 0 aliphatic carbocycles. The molecule has 2 heterocycles. The van der Waals surface area contributed by atoms with Crippen molar-refractivity contribution in [3.8, 4) is 5.75 Å². The highest BCUT2D eigenvalue weighted by Gasteiger charge is 2.23. The van der Waals surface area contributed by atoms with Gasteiger partial charge in [0.05, 0.1) is 13.0 Å². The minimum absolute atomic E-state index is 0.219. The van der Waals surface area contributed by atoms with Crippen LogP contribution in [-0.2, 0) is 17.8 Å². The lowest BCUT2D eigenvalue weighted by Crippen LogP contribution is -2.40. The summed E-state index contributed by atoms with van der Waals surface area (Å²) in [6.45, 7) is 5.27. The van der Waals surface area contributed by atoms with Crippen LogP contribution >= 0.6 is 0 Å². The summed E-state index contributed by atoms with van der Waals surface area (Å²) < 4.78 is 7.42. The van der Waals surface area contributed by atoms with Gasteiger partial charge >= 0.3 is 0 Å². The summed E-state index contributed by atoms with van der Waals surface area (Å²) in [4.78, 5) is 14.5. The fourth-order valence-electron chi connectivity index (χ4n) is 3.19. The van der Waals surface area contributed by atoms with E-state index < -0.39 is 0 Å². The van der Waals surface area contributed by atoms with Crippen molar-refractivity contribution in [3.05, 3.63) is 48.3 Å². The fraction of sp³-hybridized carbons (Fsp3) is 0.474. The lowest BCUT2D eigenvalue weighted by molar-refractivity contribution is -0.131. The Labute approximate surface area is 143 Å². The number of likely N-dealkylation sites (tertiary alicyclic amines) is 1. The third-order valence-corrected chi connectivity index (χ3v) is 4.56. The Bertz CT molecular complexity index is 629. The number of amides is 1. The predicted octanol–water partition coefficient (Wildman–Crippen LogP) is 2.76. The quantitative estimate of drug-likeness (QED) is 0.820. The van der Waals surface area contributed by atoms with Crippen LogP contribution in [0.3, 0.4) is 0 Å². The lowest BCUT2D eigenvalue weighted by Gasteiger charge is -2.32. The number of rotatable bonds is 6. The van der Waals surface area contributed by atoms with Gasteiger partial charge in [-0.05, 0) is 49.4 Å². The number of aromatic nitrogens is 2. The lowest BCUT2D eigenvalue weighted by atomic mass is 9.96. The topological polar surface area (TPSA) is 47.4 Å². The molecule has 1 amide bonds. The summed E-state index contributed by atoms with van der Waals surface area (Å²) in [5.41, 5.74) is 1.04. The SMILES string of the molecule is CCOc1ccc(CC(=O)N2CCC(Cn3cccn3)CC2)cc1. The second kappa shape index (κ2) is 7.99. The summed E-state index contributed by atoms with van der Waals surface area (Å²) in [6.07, 6.45) is 6.39. The van der Waals surface area contributed by atoms with Gasteiger partial charge in [0.1, 0.15) is 5.75 Å². The van der Waals surface area contributed by atoms with E-state index in [2.05, 4.69) is 5.10 Å². The van der Waals surface area contributed by atoms with Crippen molar-refractivity contribution in [2.24, 2.45) is 5.92 Å². The zero-order valence-electron chi connectivity index (χ0n) is 14.2. The van der Waals surface area contributed by atoms with Crippen LogP contribution in [-0.4, -0.2) is 40.3 Å². The van der Waals surface area contributed by atoms with E-state index >= 15 is 0 Å². The molecule has 0 saturated carbocycles. The van der Waals surface area contributed by atoms with Crippen molar-refractivity contribution in [3.63, 3.8) is 0 Å². The highest BCUT2D eigenvalue weighted by molar-refractivity contribution is 5.78. The highest BCUT2D eigenvalue weighted by atomic mass is 16.5. The molecule has 1 aliphatic rings. The molecule has 24 heavy (non-hydrogen) atoms. The first-order chi connectivity index (χ1) is 11.7. The average Bonchev–Trinajstić information content (AvgIpc) is 3.10. The van der Waals surface area contributed by atoms with Gasteiger partial charge in [0, 0.05) is 32.0 Å². The summed E-state index contributed by atoms with van der Waals surface area (Å²) in [7, 11) is 0. The van der Waals surface area contributed by atoms with Crippen LogP contribution < -0.4 is 4.74 Å². The van der Waals surface area contributed by atoms with Crippen LogP contribution in [0.2, 0.25) is 0 Å². The maximum atomic E-state index is 12.5. The van der Waals surface area contributed by atoms with Crippen LogP contribution in [0.5, 0.6) is 5.75 Å². The van der Waals surface area contributed by atoms with Gasteiger partial charge in [-0.3, -0.25) is 9.48 Å². The second-order valence-electron chi connectivity index (χ2n) is 6.31. The summed E-state index contributed by atoms with van der Waals surface area (Å²) in [5.74, 6) is 1.68. The van der Waals surface area contributed by atoms with Crippen LogP contribution in [0.25, 0.3) is 0 Å². The Morgan fingerprint density at radius 3 is 2.62 bits per heavy atom. The highest BCUT2D eigenvalue weighted by Crippen LogP contribution is 2.20. The molecule has 0 radical (unpaired) electrons. The number of ether oxygens (including phenoxy) is 1. The summed E-state index contributed by atoms with van der Waals surface area (Å²) in [5, 5.41) is 4.27. The predicted molar refractivity (Wildman–Crippen MR) is 92.8 cm³/mol. The third kappa shape index (κ3) is 4.37. The molecule has 2 aromatic rings. The largest absolute Gasteiger partial charge is 0.494 e. The Morgan fingerprint density at radius 2 is 2.00 bits per heavy atom. The summed E-state index contributed by atoms with van der Waals surface area (Å²) in [6, 6.07) is 9.78. The van der Waals surface area contributed by atoms with Crippen LogP contribution in [0, 0.1) is 5.92 Å². The van der Waals surface area contributed by atoms with E-state index in [1.165, 1.54) is 0 Å². The molecule has 5 nitrogen and oxygen atoms in total. The smallest absolute Gasteiger partial charge is 0.226 e. The van der Waals surface area contributed by atoms with Gasteiger partial charge < -0.3 is 9.64 Å². The van der Waals surface area contributed by atoms with Crippen molar-refractivity contribution < 1.29 is 9.53 Å². The van der Waals surface area contributed by atoms with Crippen molar-refractivity contribution in [2.75, 3.05) is 19.7 Å². The number of carbonyl (C=O) groups is 1. The number of piperidine rings is 1. The molecule has 3 rings (SSSR count). The van der Waals surface area contributed by atoms with E-state index in [1.807, 2.05) is 59.2 Å². The molecule has 1 aromatic heterocycles. The molecule has 1 aromatic carbocycles. The molecule has 0 N–H and O–H groups in total. The number of carbonyl (C=O) groups excluding carboxylic acids is 1. The minimum atomic E-state index is 0.219. The van der Waals surface area contributed by atoms with E-state index in [4.69, 9.17) is 4.74 Å². The number of nitrogens with zero attached hydrogens (tertiary/aromatic N) is 3. The average molecular weight is 327 g/mol. The summed E-state index contributed by atoms with van der Waals surface area (Å²) >= 11 is 0. The number of hydrogen-bond acceptors (Lipinski definition) is 3. The molecule has 1 fully saturated rings. The standard InChI is InChI=1S/C19H25N3O2/c1-2-24-18-6-4-16(5-7-18)14-19(23)21-12-8-17(9-13-21)15-22-11-3-10-20-22/h3-7,10-11,17H,2,8-9,12-15H2,1H3. The van der Waals surface area contributed by atoms with E-state index in [-0.39, 0.29) is 5.91 Å². The maximum absolute atomic E-state index is 12.5. The van der Waals surface area contributed by atoms with Crippen molar-refractivity contribution >= 4 is 5.91 Å². The second-order valence-corrected chi connectivity index (χ2v) is 6.31. The van der Waals surface area contributed by atoms with Gasteiger partial charge in [-0.2, -0.15) is 5.10 Å². The fourth-order valence-corrected chi connectivity index (χ4v) is 3.19. The monoisotopic (exact) mass is 327 g/mol. The molecule has 1 aliphatic heterocycles. The van der Waals surface area contributed by atoms with Crippen molar-refractivity contribution in [2.45, 2.75) is 32.7 Å². The number of hydrogen-bond donors (Lipinski definition) is 0. The van der Waals surface area contributed by atoms with Crippen molar-refractivity contribution in [1.82, 2.24) is 14.7 Å². The molecular formula is C19H25N3O2. The number of benzene rings is 1. The van der Waals surface area contributed by atoms with Crippen LogP contribution in [0.4, 0.5) is 0 Å². The first-order valence-corrected chi connectivity index (χ1v) is 8.71. The van der Waals surface area contributed by atoms with Gasteiger partial charge in [-0.25, -0.2) is 0 Å². The maximum Gasteiger partial charge on any atom is 0.226 e. The Hall–Kier alpha value is -2.30. The molecule has 0 atom stereocenters. The van der Waals surface area contributed by atoms with E-state index in [9.17, 15) is 4.79 Å². The van der Waals surface area contributed by atoms with Crippen LogP contribution in [0.15, 0.2) is 42.7 Å². The normalized spacial score (nSPS) is 15.5. The van der Waals surface area contributed by atoms with Crippen LogP contribution in [0.1, 0.15) is 25.3 Å². The van der Waals surface area contributed by atoms with Gasteiger partial charge in [0.2, 0.25) is 5.91 Å². The van der Waals surface area contributed by atoms with Gasteiger partial charge in [0.25, 0.3) is 0 Å². The van der Waals surface area contributed by atoms with E-state index in [0.29, 0.717) is 18.9 Å². The molecule has 5 heteroatoms. The molecule has 128 valence electrons. The Balaban J connectivity index is 1.46. The van der Waals surface area contributed by atoms with Gasteiger partial charge in [-0.15, -0.1) is 0 Å².